The Bertz CT molecular complexity index is 456. The topological polar surface area (TPSA) is 18.5 Å². The van der Waals surface area contributed by atoms with Crippen LogP contribution in [0, 0.1) is 5.41 Å². The number of hydrogen-bond donors (Lipinski definition) is 0. The van der Waals surface area contributed by atoms with Crippen molar-refractivity contribution < 1.29 is 9.31 Å². The van der Waals surface area contributed by atoms with E-state index >= 15 is 0 Å². The van der Waals surface area contributed by atoms with E-state index in [1.54, 1.807) is 0 Å². The molecule has 1 aromatic carbocycles. The van der Waals surface area contributed by atoms with Gasteiger partial charge < -0.3 is 9.31 Å². The molecule has 0 amide bonds. The highest BCUT2D eigenvalue weighted by molar-refractivity contribution is 9.08. The molecule has 116 valence electrons. The van der Waals surface area contributed by atoms with Crippen LogP contribution in [0.4, 0.5) is 0 Å². The Kier molecular flexibility index (Phi) is 5.56. The van der Waals surface area contributed by atoms with E-state index in [0.717, 1.165) is 23.8 Å². The summed E-state index contributed by atoms with van der Waals surface area (Å²) in [6.07, 6.45) is 3.45. The molecule has 1 fully saturated rings. The van der Waals surface area contributed by atoms with Crippen molar-refractivity contribution in [3.05, 3.63) is 29.8 Å². The summed E-state index contributed by atoms with van der Waals surface area (Å²) in [5.74, 6) is 0. The third kappa shape index (κ3) is 4.11. The molecule has 0 aliphatic carbocycles. The summed E-state index contributed by atoms with van der Waals surface area (Å²) in [6, 6.07) is 8.48. The highest BCUT2D eigenvalue weighted by atomic mass is 79.9. The van der Waals surface area contributed by atoms with Gasteiger partial charge in [-0.3, -0.25) is 0 Å². The molecule has 0 atom stereocenters. The van der Waals surface area contributed by atoms with Crippen LogP contribution < -0.4 is 5.46 Å². The zero-order valence-corrected chi connectivity index (χ0v) is 15.2. The normalized spacial score (nSPS) is 22.2. The average molecular weight is 353 g/mol. The summed E-state index contributed by atoms with van der Waals surface area (Å²) in [5.41, 5.74) is 2.28. The lowest BCUT2D eigenvalue weighted by Gasteiger charge is -2.42. The molecule has 0 bridgehead atoms. The molecule has 1 saturated heterocycles. The minimum Gasteiger partial charge on any atom is -0.407 e. The summed E-state index contributed by atoms with van der Waals surface area (Å²) in [7, 11) is -0.276. The van der Waals surface area contributed by atoms with Crippen LogP contribution in [0.1, 0.15) is 52.5 Å². The van der Waals surface area contributed by atoms with Gasteiger partial charge in [-0.2, -0.15) is 0 Å². The van der Waals surface area contributed by atoms with Gasteiger partial charge >= 0.3 is 7.12 Å². The van der Waals surface area contributed by atoms with Crippen LogP contribution >= 0.6 is 15.9 Å². The quantitative estimate of drug-likeness (QED) is 0.583. The maximum atomic E-state index is 6.40. The lowest BCUT2D eigenvalue weighted by atomic mass is 9.70. The van der Waals surface area contributed by atoms with Gasteiger partial charge in [-0.25, -0.2) is 0 Å². The smallest absolute Gasteiger partial charge is 0.407 e. The lowest BCUT2D eigenvalue weighted by Crippen LogP contribution is -2.50. The van der Waals surface area contributed by atoms with Crippen molar-refractivity contribution in [2.24, 2.45) is 5.41 Å². The first-order chi connectivity index (χ1) is 9.86. The second-order valence-corrected chi connectivity index (χ2v) is 7.61. The number of alkyl halides is 1. The fourth-order valence-electron chi connectivity index (χ4n) is 2.55. The van der Waals surface area contributed by atoms with Crippen molar-refractivity contribution in [2.45, 2.75) is 57.9 Å². The Hall–Kier alpha value is -0.315. The second-order valence-electron chi connectivity index (χ2n) is 7.05. The van der Waals surface area contributed by atoms with Gasteiger partial charge in [-0.1, -0.05) is 60.5 Å². The minimum absolute atomic E-state index is 0.134. The van der Waals surface area contributed by atoms with Crippen LogP contribution in [-0.4, -0.2) is 19.3 Å². The van der Waals surface area contributed by atoms with Gasteiger partial charge in [0.05, 0.1) is 5.60 Å². The molecule has 2 nitrogen and oxygen atoms in total. The molecule has 0 radical (unpaired) electrons. The first kappa shape index (κ1) is 17.0. The fourth-order valence-corrected chi connectivity index (χ4v) is 2.92. The zero-order valence-electron chi connectivity index (χ0n) is 13.6. The molecule has 4 heteroatoms. The van der Waals surface area contributed by atoms with Gasteiger partial charge in [0.25, 0.3) is 0 Å². The van der Waals surface area contributed by atoms with Crippen molar-refractivity contribution in [3.63, 3.8) is 0 Å². The highest BCUT2D eigenvalue weighted by Crippen LogP contribution is 2.39. The maximum Gasteiger partial charge on any atom is 0.494 e. The van der Waals surface area contributed by atoms with Crippen molar-refractivity contribution >= 4 is 28.5 Å². The van der Waals surface area contributed by atoms with E-state index in [4.69, 9.17) is 9.31 Å². The number of rotatable bonds is 2. The van der Waals surface area contributed by atoms with Crippen LogP contribution in [-0.2, 0) is 14.6 Å². The van der Waals surface area contributed by atoms with Crippen LogP contribution in [0.3, 0.4) is 0 Å². The van der Waals surface area contributed by atoms with E-state index in [0.29, 0.717) is 0 Å². The van der Waals surface area contributed by atoms with Crippen molar-refractivity contribution in [1.82, 2.24) is 0 Å². The van der Waals surface area contributed by atoms with Crippen molar-refractivity contribution in [3.8, 4) is 0 Å². The maximum absolute atomic E-state index is 6.40. The van der Waals surface area contributed by atoms with Crippen LogP contribution in [0.25, 0.3) is 0 Å². The Morgan fingerprint density at radius 3 is 2.38 bits per heavy atom. The molecule has 0 saturated carbocycles. The number of benzene rings is 1. The predicted molar refractivity (Wildman–Crippen MR) is 93.2 cm³/mol. The molecular weight excluding hydrogens is 327 g/mol. The minimum atomic E-state index is -0.276. The Balaban J connectivity index is 2.23. The van der Waals surface area contributed by atoms with E-state index in [2.05, 4.69) is 67.9 Å². The SMILES string of the molecule is CC1(C)CCCCOB(c2ccc(CBr)cc2)OC1(C)C. The Labute approximate surface area is 137 Å². The molecule has 1 aliphatic rings. The van der Waals surface area contributed by atoms with Gasteiger partial charge in [0.2, 0.25) is 0 Å². The van der Waals surface area contributed by atoms with E-state index in [1.807, 2.05) is 0 Å². The van der Waals surface area contributed by atoms with E-state index in [-0.39, 0.29) is 18.1 Å². The van der Waals surface area contributed by atoms with Gasteiger partial charge in [-0.15, -0.1) is 0 Å². The predicted octanol–water partition coefficient (Wildman–Crippen LogP) is 4.30. The summed E-state index contributed by atoms with van der Waals surface area (Å²) in [4.78, 5) is 0. The van der Waals surface area contributed by atoms with Crippen LogP contribution in [0.5, 0.6) is 0 Å². The Morgan fingerprint density at radius 2 is 1.76 bits per heavy atom. The van der Waals surface area contributed by atoms with E-state index < -0.39 is 0 Å². The monoisotopic (exact) mass is 352 g/mol. The summed E-state index contributed by atoms with van der Waals surface area (Å²) in [6.45, 7) is 9.71. The molecule has 1 aliphatic heterocycles. The van der Waals surface area contributed by atoms with E-state index in [9.17, 15) is 0 Å². The summed E-state index contributed by atoms with van der Waals surface area (Å²) in [5, 5.41) is 0.873. The molecule has 1 heterocycles. The zero-order chi connectivity index (χ0) is 15.5. The molecule has 1 aromatic rings. The molecule has 2 rings (SSSR count). The molecule has 0 spiro atoms. The third-order valence-corrected chi connectivity index (χ3v) is 5.55. The summed E-state index contributed by atoms with van der Waals surface area (Å²) < 4.78 is 12.4. The molecule has 0 unspecified atom stereocenters. The molecule has 0 N–H and O–H groups in total. The number of halogens is 1. The fraction of sp³-hybridized carbons (Fsp3) is 0.647. The van der Waals surface area contributed by atoms with E-state index in [1.165, 1.54) is 18.4 Å². The summed E-state index contributed by atoms with van der Waals surface area (Å²) >= 11 is 3.48. The van der Waals surface area contributed by atoms with Crippen LogP contribution in [0.2, 0.25) is 0 Å². The highest BCUT2D eigenvalue weighted by Gasteiger charge is 2.42. The van der Waals surface area contributed by atoms with Gasteiger partial charge in [0.1, 0.15) is 0 Å². The Morgan fingerprint density at radius 1 is 1.10 bits per heavy atom. The second kappa shape index (κ2) is 6.85. The first-order valence-corrected chi connectivity index (χ1v) is 8.92. The van der Waals surface area contributed by atoms with Crippen LogP contribution in [0.15, 0.2) is 24.3 Å². The standard InChI is InChI=1S/C17H26BBrO2/c1-16(2)11-5-6-12-20-18(21-17(16,3)4)15-9-7-14(13-19)8-10-15/h7-10H,5-6,11-13H2,1-4H3. The number of hydrogen-bond acceptors (Lipinski definition) is 2. The van der Waals surface area contributed by atoms with Crippen molar-refractivity contribution in [2.75, 3.05) is 6.61 Å². The largest absolute Gasteiger partial charge is 0.494 e. The van der Waals surface area contributed by atoms with Gasteiger partial charge in [0.15, 0.2) is 0 Å². The molecular formula is C17H26BBrO2. The molecule has 21 heavy (non-hydrogen) atoms. The van der Waals surface area contributed by atoms with Gasteiger partial charge in [0, 0.05) is 11.9 Å². The third-order valence-electron chi connectivity index (χ3n) is 4.90. The van der Waals surface area contributed by atoms with Gasteiger partial charge in [-0.05, 0) is 43.1 Å². The average Bonchev–Trinajstić information content (AvgIpc) is 2.49. The first-order valence-electron chi connectivity index (χ1n) is 7.80. The van der Waals surface area contributed by atoms with Crippen molar-refractivity contribution in [1.29, 1.82) is 0 Å². The molecule has 0 aromatic heterocycles. The lowest BCUT2D eigenvalue weighted by molar-refractivity contribution is -0.0286.